The van der Waals surface area contributed by atoms with E-state index in [0.29, 0.717) is 0 Å². The number of fused-ring (bicyclic) bond motifs is 9. The zero-order valence-electron chi connectivity index (χ0n) is 47.9. The van der Waals surface area contributed by atoms with Crippen LogP contribution in [-0.4, -0.2) is 10.6 Å². The Morgan fingerprint density at radius 2 is 0.724 bits per heavy atom. The predicted octanol–water partition coefficient (Wildman–Crippen LogP) is 21.9. The molecular weight excluding hydrogens is 1050 g/mol. The van der Waals surface area contributed by atoms with Gasteiger partial charge in [-0.2, -0.15) is 0 Å². The van der Waals surface area contributed by atoms with Crippen molar-refractivity contribution in [2.75, 3.05) is 4.90 Å². The summed E-state index contributed by atoms with van der Waals surface area (Å²) in [6.07, 6.45) is 9.18. The summed E-state index contributed by atoms with van der Waals surface area (Å²) in [7, 11) is 0. The summed E-state index contributed by atoms with van der Waals surface area (Å²) in [4.78, 5) is 2.54. The van der Waals surface area contributed by atoms with Gasteiger partial charge in [-0.15, -0.1) is 0 Å². The molecule has 0 bridgehead atoms. The predicted molar refractivity (Wildman–Crippen MR) is 364 cm³/mol. The van der Waals surface area contributed by atoms with E-state index in [1.54, 1.807) is 0 Å². The molecule has 0 saturated carbocycles. The topological polar surface area (TPSA) is 8.17 Å². The standard InChI is InChI=1S/C85H58N2/c1-3-19-57(20-4-1)58-37-41-61(42-38-58)64-23-17-25-68(53-64)85(78-32-12-7-28-72(78)73-29-8-13-33-79(73)85)69-26-18-24-65(54-69)62-43-39-59(40-44-62)60-45-49-70(50-46-60)86-81-35-15-10-30-74(81)76-55-66(47-51-83(76)86)67-48-52-84-77(56-67)75-31-11-16-36-82(75)87(84)80-34-14-9-27-71(80)63-21-5-2-6-22-63/h1-56,74,81H. The molecule has 13 aromatic carbocycles. The summed E-state index contributed by atoms with van der Waals surface area (Å²) >= 11 is 0. The molecule has 1 aliphatic heterocycles. The SMILES string of the molecule is C1=CC2c3cc(-c4ccc5c(c4)c4ccccc4n5-c4ccccc4-c4ccccc4)ccc3N(c3ccc(-c4ccc(-c5cccc(C6(c7cccc(-c8ccc(-c9ccccc9)cc8)c7)c7ccccc7-c7ccccc76)c5)cc4)cc3)C2C=C1. The van der Waals surface area contributed by atoms with Crippen LogP contribution >= 0.6 is 0 Å². The van der Waals surface area contributed by atoms with Crippen molar-refractivity contribution in [2.24, 2.45) is 0 Å². The average Bonchev–Trinajstić information content (AvgIpc) is 1.74. The second-order valence-electron chi connectivity index (χ2n) is 23.5. The van der Waals surface area contributed by atoms with Gasteiger partial charge in [-0.05, 0) is 161 Å². The van der Waals surface area contributed by atoms with Crippen LogP contribution in [0.25, 0.3) is 105 Å². The van der Waals surface area contributed by atoms with Crippen LogP contribution in [0.15, 0.2) is 340 Å². The van der Waals surface area contributed by atoms with Crippen LogP contribution in [0.3, 0.4) is 0 Å². The number of hydrogen-bond acceptors (Lipinski definition) is 1. The Balaban J connectivity index is 0.675. The summed E-state index contributed by atoms with van der Waals surface area (Å²) in [5.74, 6) is 0.234. The Morgan fingerprint density at radius 1 is 0.276 bits per heavy atom. The number of benzene rings is 13. The molecule has 17 rings (SSSR count). The number of anilines is 2. The molecule has 87 heavy (non-hydrogen) atoms. The number of nitrogens with zero attached hydrogens (tertiary/aromatic N) is 2. The van der Waals surface area contributed by atoms with Crippen molar-refractivity contribution in [3.05, 3.63) is 368 Å². The molecule has 0 radical (unpaired) electrons. The lowest BCUT2D eigenvalue weighted by Crippen LogP contribution is -2.28. The molecule has 0 fully saturated rings. The lowest BCUT2D eigenvalue weighted by molar-refractivity contribution is 0.745. The van der Waals surface area contributed by atoms with Crippen molar-refractivity contribution in [1.29, 1.82) is 0 Å². The third-order valence-electron chi connectivity index (χ3n) is 18.9. The summed E-state index contributed by atoms with van der Waals surface area (Å²) < 4.78 is 2.44. The van der Waals surface area contributed by atoms with E-state index in [4.69, 9.17) is 0 Å². The summed E-state index contributed by atoms with van der Waals surface area (Å²) in [6.45, 7) is 0. The first-order chi connectivity index (χ1) is 43.1. The van der Waals surface area contributed by atoms with E-state index >= 15 is 0 Å². The molecule has 3 aliphatic rings. The monoisotopic (exact) mass is 1110 g/mol. The quantitative estimate of drug-likeness (QED) is 0.132. The molecule has 2 heteroatoms. The Hall–Kier alpha value is -11.1. The zero-order chi connectivity index (χ0) is 57.4. The van der Waals surface area contributed by atoms with Gasteiger partial charge < -0.3 is 9.47 Å². The van der Waals surface area contributed by atoms with Crippen molar-refractivity contribution in [1.82, 2.24) is 4.57 Å². The van der Waals surface area contributed by atoms with Crippen LogP contribution in [0, 0.1) is 0 Å². The van der Waals surface area contributed by atoms with Crippen LogP contribution in [0.4, 0.5) is 11.4 Å². The average molecular weight is 1110 g/mol. The maximum Gasteiger partial charge on any atom is 0.0713 e. The lowest BCUT2D eigenvalue weighted by Gasteiger charge is -2.34. The van der Waals surface area contributed by atoms with Gasteiger partial charge in [0, 0.05) is 33.6 Å². The smallest absolute Gasteiger partial charge is 0.0713 e. The number of para-hydroxylation sites is 2. The minimum atomic E-state index is -0.539. The molecule has 2 heterocycles. The zero-order valence-corrected chi connectivity index (χ0v) is 47.9. The van der Waals surface area contributed by atoms with E-state index in [-0.39, 0.29) is 12.0 Å². The van der Waals surface area contributed by atoms with Crippen LogP contribution < -0.4 is 4.90 Å². The molecule has 2 atom stereocenters. The highest BCUT2D eigenvalue weighted by molar-refractivity contribution is 6.11. The molecular formula is C85H58N2. The number of aromatic nitrogens is 1. The molecule has 2 unspecified atom stereocenters. The lowest BCUT2D eigenvalue weighted by atomic mass is 9.67. The molecule has 0 amide bonds. The highest BCUT2D eigenvalue weighted by atomic mass is 15.2. The van der Waals surface area contributed by atoms with Crippen LogP contribution in [-0.2, 0) is 5.41 Å². The highest BCUT2D eigenvalue weighted by Gasteiger charge is 2.46. The minimum Gasteiger partial charge on any atom is -0.333 e. The first-order valence-electron chi connectivity index (χ1n) is 30.4. The van der Waals surface area contributed by atoms with E-state index in [0.717, 1.165) is 0 Å². The maximum atomic E-state index is 2.54. The van der Waals surface area contributed by atoms with Gasteiger partial charge in [0.15, 0.2) is 0 Å². The van der Waals surface area contributed by atoms with Gasteiger partial charge in [0.25, 0.3) is 0 Å². The first-order valence-corrected chi connectivity index (χ1v) is 30.4. The normalized spacial score (nSPS) is 15.1. The van der Waals surface area contributed by atoms with E-state index in [2.05, 4.69) is 349 Å². The minimum absolute atomic E-state index is 0.179. The number of hydrogen-bond donors (Lipinski definition) is 0. The van der Waals surface area contributed by atoms with Crippen LogP contribution in [0.2, 0.25) is 0 Å². The van der Waals surface area contributed by atoms with Crippen molar-refractivity contribution >= 4 is 33.2 Å². The van der Waals surface area contributed by atoms with E-state index in [1.807, 2.05) is 0 Å². The molecule has 0 spiro atoms. The maximum absolute atomic E-state index is 2.54. The number of rotatable bonds is 10. The summed E-state index contributed by atoms with van der Waals surface area (Å²) in [6, 6.07) is 117. The second kappa shape index (κ2) is 20.6. The Morgan fingerprint density at radius 3 is 1.37 bits per heavy atom. The van der Waals surface area contributed by atoms with Crippen molar-refractivity contribution in [3.63, 3.8) is 0 Å². The second-order valence-corrected chi connectivity index (χ2v) is 23.5. The van der Waals surface area contributed by atoms with Gasteiger partial charge >= 0.3 is 0 Å². The molecule has 2 aliphatic carbocycles. The Labute approximate surface area is 508 Å². The number of allylic oxidation sites excluding steroid dienone is 2. The molecule has 1 aromatic heterocycles. The fourth-order valence-corrected chi connectivity index (χ4v) is 14.8. The fraction of sp³-hybridized carbons (Fsp3) is 0.0353. The Kier molecular flexibility index (Phi) is 12.0. The van der Waals surface area contributed by atoms with E-state index in [9.17, 15) is 0 Å². The van der Waals surface area contributed by atoms with Gasteiger partial charge in [0.05, 0.1) is 28.2 Å². The van der Waals surface area contributed by atoms with Crippen molar-refractivity contribution in [3.8, 4) is 83.6 Å². The largest absolute Gasteiger partial charge is 0.333 e. The van der Waals surface area contributed by atoms with Crippen LogP contribution in [0.5, 0.6) is 0 Å². The Bertz CT molecular complexity index is 4980. The molecule has 14 aromatic rings. The van der Waals surface area contributed by atoms with E-state index < -0.39 is 5.41 Å². The van der Waals surface area contributed by atoms with Crippen molar-refractivity contribution in [2.45, 2.75) is 17.4 Å². The van der Waals surface area contributed by atoms with Gasteiger partial charge in [-0.3, -0.25) is 0 Å². The molecule has 2 nitrogen and oxygen atoms in total. The van der Waals surface area contributed by atoms with E-state index in [1.165, 1.54) is 145 Å². The summed E-state index contributed by atoms with van der Waals surface area (Å²) in [5, 5.41) is 2.50. The highest BCUT2D eigenvalue weighted by Crippen LogP contribution is 2.57. The molecule has 408 valence electrons. The third kappa shape index (κ3) is 8.24. The third-order valence-corrected chi connectivity index (χ3v) is 18.9. The van der Waals surface area contributed by atoms with Crippen molar-refractivity contribution < 1.29 is 0 Å². The van der Waals surface area contributed by atoms with Crippen LogP contribution in [0.1, 0.15) is 33.7 Å². The van der Waals surface area contributed by atoms with Gasteiger partial charge in [0.1, 0.15) is 0 Å². The fourth-order valence-electron chi connectivity index (χ4n) is 14.8. The van der Waals surface area contributed by atoms with Gasteiger partial charge in [-0.25, -0.2) is 0 Å². The molecule has 0 saturated heterocycles. The first kappa shape index (κ1) is 50.5. The van der Waals surface area contributed by atoms with Gasteiger partial charge in [0.2, 0.25) is 0 Å². The summed E-state index contributed by atoms with van der Waals surface area (Å²) in [5.41, 5.74) is 29.0. The van der Waals surface area contributed by atoms with Gasteiger partial charge in [-0.1, -0.05) is 279 Å². The molecule has 0 N–H and O–H groups in total.